The Morgan fingerprint density at radius 3 is 2.63 bits per heavy atom. The van der Waals surface area contributed by atoms with Gasteiger partial charge in [-0.15, -0.1) is 11.3 Å². The predicted molar refractivity (Wildman–Crippen MR) is 101 cm³/mol. The smallest absolute Gasteiger partial charge is 0.387 e. The molecule has 140 valence electrons. The maximum Gasteiger partial charge on any atom is 0.387 e. The van der Waals surface area contributed by atoms with Crippen molar-refractivity contribution < 1.29 is 23.0 Å². The summed E-state index contributed by atoms with van der Waals surface area (Å²) < 4.78 is 35.0. The molecule has 1 amide bonds. The van der Waals surface area contributed by atoms with Crippen molar-refractivity contribution in [3.05, 3.63) is 75.4 Å². The molecule has 0 aliphatic rings. The maximum atomic E-state index is 12.5. The van der Waals surface area contributed by atoms with Gasteiger partial charge in [0.15, 0.2) is 0 Å². The largest absolute Gasteiger partial charge is 0.489 e. The van der Waals surface area contributed by atoms with Crippen molar-refractivity contribution in [2.75, 3.05) is 5.32 Å². The molecule has 0 aliphatic heterocycles. The standard InChI is InChI=1S/C19H14ClF2NO3S/c20-13-5-7-14(8-6-13)25-10-12-9-17(27-11-12)18(24)23-15-3-1-2-4-16(15)26-19(21)22/h1-9,11,19H,10H2,(H,23,24). The monoisotopic (exact) mass is 409 g/mol. The highest BCUT2D eigenvalue weighted by atomic mass is 35.5. The molecule has 3 aromatic rings. The fraction of sp³-hybridized carbons (Fsp3) is 0.105. The number of hydrogen-bond acceptors (Lipinski definition) is 4. The van der Waals surface area contributed by atoms with Gasteiger partial charge in [-0.25, -0.2) is 0 Å². The summed E-state index contributed by atoms with van der Waals surface area (Å²) in [6.45, 7) is -2.68. The number of anilines is 1. The number of carbonyl (C=O) groups is 1. The molecule has 3 rings (SSSR count). The van der Waals surface area contributed by atoms with Crippen LogP contribution in [0.25, 0.3) is 0 Å². The van der Waals surface area contributed by atoms with E-state index >= 15 is 0 Å². The molecule has 0 atom stereocenters. The second-order valence-electron chi connectivity index (χ2n) is 5.39. The molecule has 0 saturated heterocycles. The number of hydrogen-bond donors (Lipinski definition) is 1. The molecule has 1 N–H and O–H groups in total. The summed E-state index contributed by atoms with van der Waals surface area (Å²) in [4.78, 5) is 12.8. The lowest BCUT2D eigenvalue weighted by Crippen LogP contribution is -2.12. The number of rotatable bonds is 7. The Balaban J connectivity index is 1.62. The molecule has 0 unspecified atom stereocenters. The van der Waals surface area contributed by atoms with Crippen LogP contribution in [-0.4, -0.2) is 12.5 Å². The van der Waals surface area contributed by atoms with Crippen LogP contribution in [0, 0.1) is 0 Å². The average Bonchev–Trinajstić information content (AvgIpc) is 3.12. The Bertz CT molecular complexity index is 915. The average molecular weight is 410 g/mol. The zero-order valence-electron chi connectivity index (χ0n) is 13.8. The van der Waals surface area contributed by atoms with E-state index in [2.05, 4.69) is 10.1 Å². The van der Waals surface area contributed by atoms with Gasteiger partial charge in [0.05, 0.1) is 10.6 Å². The summed E-state index contributed by atoms with van der Waals surface area (Å²) in [6.07, 6.45) is 0. The number of para-hydroxylation sites is 2. The molecule has 4 nitrogen and oxygen atoms in total. The van der Waals surface area contributed by atoms with Crippen molar-refractivity contribution in [1.29, 1.82) is 0 Å². The van der Waals surface area contributed by atoms with E-state index in [1.165, 1.54) is 23.5 Å². The van der Waals surface area contributed by atoms with Gasteiger partial charge in [-0.3, -0.25) is 4.79 Å². The number of nitrogens with one attached hydrogen (secondary N) is 1. The predicted octanol–water partition coefficient (Wildman–Crippen LogP) is 5.83. The molecule has 8 heteroatoms. The van der Waals surface area contributed by atoms with Crippen LogP contribution < -0.4 is 14.8 Å². The minimum Gasteiger partial charge on any atom is -0.489 e. The van der Waals surface area contributed by atoms with Crippen LogP contribution >= 0.6 is 22.9 Å². The molecule has 0 fully saturated rings. The lowest BCUT2D eigenvalue weighted by atomic mass is 10.2. The Labute approximate surface area is 163 Å². The minimum atomic E-state index is -2.97. The first-order valence-electron chi connectivity index (χ1n) is 7.82. The molecular weight excluding hydrogens is 396 g/mol. The fourth-order valence-corrected chi connectivity index (χ4v) is 3.14. The number of thiophene rings is 1. The van der Waals surface area contributed by atoms with Crippen LogP contribution in [0.5, 0.6) is 11.5 Å². The fourth-order valence-electron chi connectivity index (χ4n) is 2.22. The van der Waals surface area contributed by atoms with Crippen LogP contribution in [0.1, 0.15) is 15.2 Å². The van der Waals surface area contributed by atoms with Crippen molar-refractivity contribution in [2.24, 2.45) is 0 Å². The lowest BCUT2D eigenvalue weighted by molar-refractivity contribution is -0.0493. The zero-order chi connectivity index (χ0) is 19.2. The Kier molecular flexibility index (Phi) is 6.26. The summed E-state index contributed by atoms with van der Waals surface area (Å²) in [5, 5.41) is 5.00. The highest BCUT2D eigenvalue weighted by Gasteiger charge is 2.14. The highest BCUT2D eigenvalue weighted by molar-refractivity contribution is 7.12. The summed E-state index contributed by atoms with van der Waals surface area (Å²) in [5.74, 6) is 0.154. The van der Waals surface area contributed by atoms with E-state index in [-0.39, 0.29) is 18.0 Å². The lowest BCUT2D eigenvalue weighted by Gasteiger charge is -2.10. The number of halogens is 3. The van der Waals surface area contributed by atoms with Crippen LogP contribution in [0.3, 0.4) is 0 Å². The normalized spacial score (nSPS) is 10.7. The number of ether oxygens (including phenoxy) is 2. The van der Waals surface area contributed by atoms with Gasteiger partial charge >= 0.3 is 6.61 Å². The molecule has 27 heavy (non-hydrogen) atoms. The van der Waals surface area contributed by atoms with E-state index in [0.29, 0.717) is 15.6 Å². The van der Waals surface area contributed by atoms with Crippen molar-refractivity contribution in [3.8, 4) is 11.5 Å². The van der Waals surface area contributed by atoms with Crippen LogP contribution in [0.4, 0.5) is 14.5 Å². The zero-order valence-corrected chi connectivity index (χ0v) is 15.4. The van der Waals surface area contributed by atoms with Gasteiger partial charge in [0, 0.05) is 10.6 Å². The number of benzene rings is 2. The van der Waals surface area contributed by atoms with Crippen molar-refractivity contribution >= 4 is 34.5 Å². The highest BCUT2D eigenvalue weighted by Crippen LogP contribution is 2.27. The van der Waals surface area contributed by atoms with E-state index in [1.807, 2.05) is 0 Å². The molecule has 0 bridgehead atoms. The number of carbonyl (C=O) groups excluding carboxylic acids is 1. The molecule has 1 aromatic heterocycles. The third kappa shape index (κ3) is 5.42. The van der Waals surface area contributed by atoms with E-state index in [4.69, 9.17) is 16.3 Å². The topological polar surface area (TPSA) is 47.6 Å². The maximum absolute atomic E-state index is 12.5. The van der Waals surface area contributed by atoms with E-state index in [0.717, 1.165) is 5.56 Å². The second-order valence-corrected chi connectivity index (χ2v) is 6.74. The minimum absolute atomic E-state index is 0.0938. The van der Waals surface area contributed by atoms with E-state index in [1.54, 1.807) is 47.8 Å². The van der Waals surface area contributed by atoms with E-state index < -0.39 is 12.5 Å². The molecular formula is C19H14ClF2NO3S. The molecule has 0 spiro atoms. The molecule has 1 heterocycles. The molecule has 0 aliphatic carbocycles. The molecule has 0 radical (unpaired) electrons. The van der Waals surface area contributed by atoms with E-state index in [9.17, 15) is 13.6 Å². The van der Waals surface area contributed by atoms with Gasteiger partial charge in [-0.2, -0.15) is 8.78 Å². The first kappa shape index (κ1) is 19.1. The van der Waals surface area contributed by atoms with Crippen molar-refractivity contribution in [1.82, 2.24) is 0 Å². The SMILES string of the molecule is O=C(Nc1ccccc1OC(F)F)c1cc(COc2ccc(Cl)cc2)cs1. The Morgan fingerprint density at radius 2 is 1.89 bits per heavy atom. The quantitative estimate of drug-likeness (QED) is 0.533. The Morgan fingerprint density at radius 1 is 1.15 bits per heavy atom. The molecule has 0 saturated carbocycles. The van der Waals surface area contributed by atoms with Gasteiger partial charge in [-0.05, 0) is 47.8 Å². The van der Waals surface area contributed by atoms with Crippen LogP contribution in [0.2, 0.25) is 5.02 Å². The third-order valence-corrected chi connectivity index (χ3v) is 4.68. The van der Waals surface area contributed by atoms with Crippen molar-refractivity contribution in [2.45, 2.75) is 13.2 Å². The van der Waals surface area contributed by atoms with Gasteiger partial charge in [-0.1, -0.05) is 23.7 Å². The van der Waals surface area contributed by atoms with Gasteiger partial charge in [0.1, 0.15) is 18.1 Å². The summed E-state index contributed by atoms with van der Waals surface area (Å²) in [6, 6.07) is 14.7. The van der Waals surface area contributed by atoms with Gasteiger partial charge in [0.2, 0.25) is 0 Å². The first-order chi connectivity index (χ1) is 13.0. The molecule has 2 aromatic carbocycles. The second kappa shape index (κ2) is 8.83. The van der Waals surface area contributed by atoms with Crippen LogP contribution in [-0.2, 0) is 6.61 Å². The Hall–Kier alpha value is -2.64. The number of amides is 1. The summed E-state index contributed by atoms with van der Waals surface area (Å²) in [5.41, 5.74) is 0.993. The number of alkyl halides is 2. The summed E-state index contributed by atoms with van der Waals surface area (Å²) in [7, 11) is 0. The first-order valence-corrected chi connectivity index (χ1v) is 9.08. The summed E-state index contributed by atoms with van der Waals surface area (Å²) >= 11 is 7.06. The van der Waals surface area contributed by atoms with Gasteiger partial charge < -0.3 is 14.8 Å². The van der Waals surface area contributed by atoms with Gasteiger partial charge in [0.25, 0.3) is 5.91 Å². The van der Waals surface area contributed by atoms with Crippen LogP contribution in [0.15, 0.2) is 60.0 Å². The third-order valence-electron chi connectivity index (χ3n) is 3.45. The van der Waals surface area contributed by atoms with Crippen molar-refractivity contribution in [3.63, 3.8) is 0 Å².